The fourth-order valence-corrected chi connectivity index (χ4v) is 5.63. The molecule has 2 heterocycles. The van der Waals surface area contributed by atoms with Crippen LogP contribution in [0.5, 0.6) is 11.5 Å². The van der Waals surface area contributed by atoms with Crippen molar-refractivity contribution in [2.45, 2.75) is 17.7 Å². The first-order chi connectivity index (χ1) is 15.0. The predicted octanol–water partition coefficient (Wildman–Crippen LogP) is 3.61. The summed E-state index contributed by atoms with van der Waals surface area (Å²) < 4.78 is 38.6. The lowest BCUT2D eigenvalue weighted by Gasteiger charge is -2.31. The Bertz CT molecular complexity index is 1260. The van der Waals surface area contributed by atoms with E-state index in [1.807, 2.05) is 30.3 Å². The van der Waals surface area contributed by atoms with Gasteiger partial charge in [0.25, 0.3) is 0 Å². The average molecular weight is 439 g/mol. The van der Waals surface area contributed by atoms with E-state index >= 15 is 0 Å². The number of piperidine rings is 1. The molecule has 0 spiro atoms. The van der Waals surface area contributed by atoms with Crippen LogP contribution in [0.3, 0.4) is 0 Å². The molecule has 2 aliphatic heterocycles. The Balaban J connectivity index is 1.32. The van der Waals surface area contributed by atoms with Crippen molar-refractivity contribution in [1.29, 1.82) is 0 Å². The van der Waals surface area contributed by atoms with Crippen molar-refractivity contribution in [3.8, 4) is 11.5 Å². The van der Waals surface area contributed by atoms with Gasteiger partial charge in [-0.25, -0.2) is 8.42 Å². The van der Waals surface area contributed by atoms with Crippen molar-refractivity contribution in [3.05, 3.63) is 60.7 Å². The van der Waals surface area contributed by atoms with Gasteiger partial charge in [-0.1, -0.05) is 30.3 Å². The molecule has 0 aliphatic carbocycles. The second kappa shape index (κ2) is 7.86. The molecule has 31 heavy (non-hydrogen) atoms. The highest BCUT2D eigenvalue weighted by atomic mass is 32.2. The van der Waals surface area contributed by atoms with Crippen LogP contribution < -0.4 is 14.8 Å². The quantitative estimate of drug-likeness (QED) is 0.673. The molecule has 3 aromatic rings. The molecule has 1 saturated heterocycles. The number of sulfonamides is 1. The number of amides is 1. The molecular weight excluding hydrogens is 416 g/mol. The molecule has 1 fully saturated rings. The van der Waals surface area contributed by atoms with Crippen molar-refractivity contribution < 1.29 is 22.7 Å². The number of anilines is 1. The average Bonchev–Trinajstić information content (AvgIpc) is 3.27. The minimum absolute atomic E-state index is 0.158. The molecule has 0 saturated carbocycles. The van der Waals surface area contributed by atoms with Crippen LogP contribution in [0.15, 0.2) is 65.6 Å². The van der Waals surface area contributed by atoms with Gasteiger partial charge in [0.1, 0.15) is 0 Å². The van der Waals surface area contributed by atoms with Crippen molar-refractivity contribution in [3.63, 3.8) is 0 Å². The van der Waals surface area contributed by atoms with E-state index < -0.39 is 15.9 Å². The molecule has 0 unspecified atom stereocenters. The molecular formula is C23H22N2O5S. The van der Waals surface area contributed by atoms with Crippen LogP contribution in [0.2, 0.25) is 0 Å². The first-order valence-corrected chi connectivity index (χ1v) is 11.6. The van der Waals surface area contributed by atoms with E-state index in [4.69, 9.17) is 9.47 Å². The third-order valence-electron chi connectivity index (χ3n) is 5.75. The fourth-order valence-electron chi connectivity index (χ4n) is 4.07. The van der Waals surface area contributed by atoms with Gasteiger partial charge in [-0.2, -0.15) is 4.31 Å². The Hall–Kier alpha value is -3.10. The maximum Gasteiger partial charge on any atom is 0.243 e. The van der Waals surface area contributed by atoms with Gasteiger partial charge in [0.05, 0.1) is 10.8 Å². The minimum Gasteiger partial charge on any atom is -0.454 e. The maximum absolute atomic E-state index is 13.2. The number of rotatable bonds is 4. The summed E-state index contributed by atoms with van der Waals surface area (Å²) >= 11 is 0. The summed E-state index contributed by atoms with van der Waals surface area (Å²) in [5.74, 6) is 0.608. The van der Waals surface area contributed by atoms with E-state index in [0.29, 0.717) is 36.6 Å². The highest BCUT2D eigenvalue weighted by Crippen LogP contribution is 2.34. The van der Waals surface area contributed by atoms with Gasteiger partial charge >= 0.3 is 0 Å². The standard InChI is InChI=1S/C23H22N2O5S/c26-23(24-19-8-10-21-22(13-19)30-15-29-21)18-6-3-11-25(14-18)31(27,28)20-9-7-16-4-1-2-5-17(16)12-20/h1-2,4-5,7-10,12-13,18H,3,6,11,14-15H2,(H,24,26)/t18-/m1/s1. The second-order valence-electron chi connectivity index (χ2n) is 7.77. The SMILES string of the molecule is O=C(Nc1ccc2c(c1)OCO2)[C@@H]1CCCN(S(=O)(=O)c2ccc3ccccc3c2)C1. The van der Waals surface area contributed by atoms with E-state index in [1.54, 1.807) is 30.3 Å². The Morgan fingerprint density at radius 1 is 0.968 bits per heavy atom. The van der Waals surface area contributed by atoms with E-state index in [9.17, 15) is 13.2 Å². The van der Waals surface area contributed by atoms with Crippen molar-refractivity contribution >= 4 is 32.4 Å². The smallest absolute Gasteiger partial charge is 0.243 e. The molecule has 2 aliphatic rings. The van der Waals surface area contributed by atoms with Gasteiger partial charge in [0.15, 0.2) is 11.5 Å². The van der Waals surface area contributed by atoms with Gasteiger partial charge < -0.3 is 14.8 Å². The maximum atomic E-state index is 13.2. The largest absolute Gasteiger partial charge is 0.454 e. The molecule has 0 radical (unpaired) electrons. The summed E-state index contributed by atoms with van der Waals surface area (Å²) in [5.41, 5.74) is 0.601. The number of hydrogen-bond donors (Lipinski definition) is 1. The molecule has 1 N–H and O–H groups in total. The molecule has 0 bridgehead atoms. The van der Waals surface area contributed by atoms with E-state index in [0.717, 1.165) is 10.8 Å². The summed E-state index contributed by atoms with van der Waals surface area (Å²) in [4.78, 5) is 13.1. The number of ether oxygens (including phenoxy) is 2. The monoisotopic (exact) mass is 438 g/mol. The van der Waals surface area contributed by atoms with Crippen molar-refractivity contribution in [2.24, 2.45) is 5.92 Å². The number of fused-ring (bicyclic) bond motifs is 2. The number of nitrogens with zero attached hydrogens (tertiary/aromatic N) is 1. The third-order valence-corrected chi connectivity index (χ3v) is 7.61. The molecule has 7 nitrogen and oxygen atoms in total. The first-order valence-electron chi connectivity index (χ1n) is 10.2. The first kappa shape index (κ1) is 19.8. The zero-order valence-electron chi connectivity index (χ0n) is 16.8. The fraction of sp³-hybridized carbons (Fsp3) is 0.261. The number of benzene rings is 3. The Morgan fingerprint density at radius 3 is 2.65 bits per heavy atom. The molecule has 8 heteroatoms. The summed E-state index contributed by atoms with van der Waals surface area (Å²) in [5, 5.41) is 4.74. The van der Waals surface area contributed by atoms with E-state index in [-0.39, 0.29) is 24.1 Å². The topological polar surface area (TPSA) is 84.9 Å². The summed E-state index contributed by atoms with van der Waals surface area (Å²) in [6.07, 6.45) is 1.27. The van der Waals surface area contributed by atoms with Gasteiger partial charge in [-0.3, -0.25) is 4.79 Å². The predicted molar refractivity (Wildman–Crippen MR) is 117 cm³/mol. The number of nitrogens with one attached hydrogen (secondary N) is 1. The van der Waals surface area contributed by atoms with Gasteiger partial charge in [-0.15, -0.1) is 0 Å². The van der Waals surface area contributed by atoms with Crippen LogP contribution in [0.25, 0.3) is 10.8 Å². The zero-order valence-corrected chi connectivity index (χ0v) is 17.6. The zero-order chi connectivity index (χ0) is 21.4. The third kappa shape index (κ3) is 3.84. The Morgan fingerprint density at radius 2 is 1.77 bits per heavy atom. The van der Waals surface area contributed by atoms with Crippen molar-refractivity contribution in [2.75, 3.05) is 25.2 Å². The number of carbonyl (C=O) groups excluding carboxylic acids is 1. The lowest BCUT2D eigenvalue weighted by molar-refractivity contribution is -0.120. The summed E-state index contributed by atoms with van der Waals surface area (Å²) in [6, 6.07) is 18.0. The van der Waals surface area contributed by atoms with Crippen LogP contribution in [0, 0.1) is 5.92 Å². The van der Waals surface area contributed by atoms with Gasteiger partial charge in [-0.05, 0) is 47.9 Å². The number of hydrogen-bond acceptors (Lipinski definition) is 5. The van der Waals surface area contributed by atoms with Crippen molar-refractivity contribution in [1.82, 2.24) is 4.31 Å². The minimum atomic E-state index is -3.68. The number of carbonyl (C=O) groups is 1. The molecule has 5 rings (SSSR count). The highest BCUT2D eigenvalue weighted by Gasteiger charge is 2.33. The van der Waals surface area contributed by atoms with Crippen LogP contribution in [-0.4, -0.2) is 38.5 Å². The normalized spacial score (nSPS) is 18.8. The van der Waals surface area contributed by atoms with Crippen LogP contribution >= 0.6 is 0 Å². The molecule has 0 aromatic heterocycles. The van der Waals surface area contributed by atoms with Gasteiger partial charge in [0.2, 0.25) is 22.7 Å². The Labute approximate surface area is 180 Å². The molecule has 160 valence electrons. The Kier molecular flexibility index (Phi) is 5.03. The lowest BCUT2D eigenvalue weighted by Crippen LogP contribution is -2.43. The van der Waals surface area contributed by atoms with Crippen LogP contribution in [-0.2, 0) is 14.8 Å². The molecule has 3 aromatic carbocycles. The molecule has 1 amide bonds. The highest BCUT2D eigenvalue weighted by molar-refractivity contribution is 7.89. The second-order valence-corrected chi connectivity index (χ2v) is 9.71. The van der Waals surface area contributed by atoms with Crippen LogP contribution in [0.1, 0.15) is 12.8 Å². The van der Waals surface area contributed by atoms with E-state index in [1.165, 1.54) is 4.31 Å². The lowest BCUT2D eigenvalue weighted by atomic mass is 9.98. The van der Waals surface area contributed by atoms with Crippen LogP contribution in [0.4, 0.5) is 5.69 Å². The molecule has 1 atom stereocenters. The van der Waals surface area contributed by atoms with Gasteiger partial charge in [0, 0.05) is 24.8 Å². The summed E-state index contributed by atoms with van der Waals surface area (Å²) in [7, 11) is -3.68. The summed E-state index contributed by atoms with van der Waals surface area (Å²) in [6.45, 7) is 0.728. The van der Waals surface area contributed by atoms with E-state index in [2.05, 4.69) is 5.32 Å².